The van der Waals surface area contributed by atoms with Gasteiger partial charge in [-0.15, -0.1) is 0 Å². The van der Waals surface area contributed by atoms with Crippen LogP contribution in [0, 0.1) is 12.8 Å². The largest absolute Gasteiger partial charge is 0.317 e. The molecule has 0 spiro atoms. The van der Waals surface area contributed by atoms with Gasteiger partial charge in [-0.05, 0) is 68.5 Å². The van der Waals surface area contributed by atoms with Gasteiger partial charge in [0.25, 0.3) is 0 Å². The minimum Gasteiger partial charge on any atom is -0.317 e. The SMILES string of the molecule is Cc1ccc(S(C)(=O)=O)cc1CC1CCNCC1. The van der Waals surface area contributed by atoms with Gasteiger partial charge in [0.2, 0.25) is 0 Å². The molecule has 1 saturated heterocycles. The normalized spacial score (nSPS) is 17.9. The Morgan fingerprint density at radius 3 is 2.56 bits per heavy atom. The van der Waals surface area contributed by atoms with Gasteiger partial charge >= 0.3 is 0 Å². The molecule has 3 nitrogen and oxygen atoms in total. The first kappa shape index (κ1) is 13.6. The minimum atomic E-state index is -3.10. The van der Waals surface area contributed by atoms with Crippen LogP contribution in [0.1, 0.15) is 24.0 Å². The van der Waals surface area contributed by atoms with Crippen molar-refractivity contribution < 1.29 is 8.42 Å². The fourth-order valence-corrected chi connectivity index (χ4v) is 3.17. The molecule has 2 rings (SSSR count). The quantitative estimate of drug-likeness (QED) is 0.910. The highest BCUT2D eigenvalue weighted by molar-refractivity contribution is 7.90. The van der Waals surface area contributed by atoms with Crippen molar-refractivity contribution in [2.75, 3.05) is 19.3 Å². The zero-order valence-corrected chi connectivity index (χ0v) is 11.9. The second-order valence-corrected chi connectivity index (χ2v) is 7.27. The van der Waals surface area contributed by atoms with Crippen LogP contribution in [0.5, 0.6) is 0 Å². The number of rotatable bonds is 3. The molecule has 4 heteroatoms. The molecule has 1 N–H and O–H groups in total. The molecule has 1 fully saturated rings. The highest BCUT2D eigenvalue weighted by Crippen LogP contribution is 2.22. The predicted octanol–water partition coefficient (Wildman–Crippen LogP) is 1.94. The van der Waals surface area contributed by atoms with Gasteiger partial charge in [0.1, 0.15) is 0 Å². The molecule has 0 aliphatic carbocycles. The summed E-state index contributed by atoms with van der Waals surface area (Å²) in [5, 5.41) is 3.35. The molecule has 1 aromatic rings. The molecule has 1 aromatic carbocycles. The van der Waals surface area contributed by atoms with Crippen LogP contribution in [0.25, 0.3) is 0 Å². The van der Waals surface area contributed by atoms with Crippen LogP contribution >= 0.6 is 0 Å². The highest BCUT2D eigenvalue weighted by Gasteiger charge is 2.16. The summed E-state index contributed by atoms with van der Waals surface area (Å²) in [5.74, 6) is 0.680. The molecule has 0 bridgehead atoms. The van der Waals surface area contributed by atoms with E-state index < -0.39 is 9.84 Å². The van der Waals surface area contributed by atoms with Crippen molar-refractivity contribution in [2.24, 2.45) is 5.92 Å². The number of sulfone groups is 1. The Kier molecular flexibility index (Phi) is 4.07. The first-order valence-electron chi connectivity index (χ1n) is 6.47. The van der Waals surface area contributed by atoms with Crippen LogP contribution in [0.4, 0.5) is 0 Å². The first-order chi connectivity index (χ1) is 8.47. The molecule has 100 valence electrons. The van der Waals surface area contributed by atoms with E-state index in [1.165, 1.54) is 30.2 Å². The first-order valence-corrected chi connectivity index (χ1v) is 8.36. The average Bonchev–Trinajstić information content (AvgIpc) is 2.32. The number of piperidine rings is 1. The second kappa shape index (κ2) is 5.41. The van der Waals surface area contributed by atoms with Gasteiger partial charge in [0, 0.05) is 6.26 Å². The fourth-order valence-electron chi connectivity index (χ4n) is 2.50. The van der Waals surface area contributed by atoms with E-state index in [1.807, 2.05) is 12.1 Å². The Bertz CT molecular complexity index is 517. The van der Waals surface area contributed by atoms with E-state index in [-0.39, 0.29) is 0 Å². The molecule has 1 aliphatic heterocycles. The number of benzene rings is 1. The van der Waals surface area contributed by atoms with Crippen molar-refractivity contribution in [3.8, 4) is 0 Å². The lowest BCUT2D eigenvalue weighted by molar-refractivity contribution is 0.372. The standard InChI is InChI=1S/C14H21NO2S/c1-11-3-4-14(18(2,16)17)10-13(11)9-12-5-7-15-8-6-12/h3-4,10,12,15H,5-9H2,1-2H3. The lowest BCUT2D eigenvalue weighted by Crippen LogP contribution is -2.28. The third-order valence-corrected chi connectivity index (χ3v) is 4.83. The summed E-state index contributed by atoms with van der Waals surface area (Å²) in [5.41, 5.74) is 2.38. The maximum absolute atomic E-state index is 11.6. The summed E-state index contributed by atoms with van der Waals surface area (Å²) in [7, 11) is -3.10. The van der Waals surface area contributed by atoms with E-state index >= 15 is 0 Å². The van der Waals surface area contributed by atoms with E-state index in [2.05, 4.69) is 12.2 Å². The lowest BCUT2D eigenvalue weighted by atomic mass is 9.89. The average molecular weight is 267 g/mol. The Morgan fingerprint density at radius 2 is 1.94 bits per heavy atom. The van der Waals surface area contributed by atoms with Crippen LogP contribution in [-0.2, 0) is 16.3 Å². The number of hydrogen-bond acceptors (Lipinski definition) is 3. The minimum absolute atomic E-state index is 0.442. The van der Waals surface area contributed by atoms with Crippen molar-refractivity contribution in [3.05, 3.63) is 29.3 Å². The lowest BCUT2D eigenvalue weighted by Gasteiger charge is -2.23. The molecule has 0 radical (unpaired) electrons. The van der Waals surface area contributed by atoms with Crippen LogP contribution in [0.15, 0.2) is 23.1 Å². The molecule has 18 heavy (non-hydrogen) atoms. The van der Waals surface area contributed by atoms with E-state index in [0.29, 0.717) is 10.8 Å². The monoisotopic (exact) mass is 267 g/mol. The zero-order valence-electron chi connectivity index (χ0n) is 11.1. The van der Waals surface area contributed by atoms with Gasteiger partial charge in [-0.2, -0.15) is 0 Å². The summed E-state index contributed by atoms with van der Waals surface area (Å²) >= 11 is 0. The summed E-state index contributed by atoms with van der Waals surface area (Å²) in [6, 6.07) is 5.48. The topological polar surface area (TPSA) is 46.2 Å². The van der Waals surface area contributed by atoms with Crippen molar-refractivity contribution in [1.29, 1.82) is 0 Å². The Labute approximate surface area is 110 Å². The van der Waals surface area contributed by atoms with Crippen molar-refractivity contribution in [1.82, 2.24) is 5.32 Å². The Balaban J connectivity index is 2.21. The van der Waals surface area contributed by atoms with Gasteiger partial charge in [0.15, 0.2) is 9.84 Å². The van der Waals surface area contributed by atoms with Crippen molar-refractivity contribution in [2.45, 2.75) is 31.1 Å². The molecular weight excluding hydrogens is 246 g/mol. The molecule has 0 aromatic heterocycles. The summed E-state index contributed by atoms with van der Waals surface area (Å²) in [6.45, 7) is 4.22. The van der Waals surface area contributed by atoms with Crippen molar-refractivity contribution in [3.63, 3.8) is 0 Å². The number of aryl methyl sites for hydroxylation is 1. The van der Waals surface area contributed by atoms with E-state index in [1.54, 1.807) is 6.07 Å². The fraction of sp³-hybridized carbons (Fsp3) is 0.571. The molecular formula is C14H21NO2S. The van der Waals surface area contributed by atoms with Crippen LogP contribution in [-0.4, -0.2) is 27.8 Å². The van der Waals surface area contributed by atoms with E-state index in [9.17, 15) is 8.42 Å². The summed E-state index contributed by atoms with van der Waals surface area (Å²) in [4.78, 5) is 0.442. The number of hydrogen-bond donors (Lipinski definition) is 1. The maximum Gasteiger partial charge on any atom is 0.175 e. The summed E-state index contributed by atoms with van der Waals surface area (Å²) < 4.78 is 23.2. The molecule has 1 aliphatic rings. The highest BCUT2D eigenvalue weighted by atomic mass is 32.2. The molecule has 0 unspecified atom stereocenters. The predicted molar refractivity (Wildman–Crippen MR) is 73.6 cm³/mol. The molecule has 0 saturated carbocycles. The molecule has 1 heterocycles. The third kappa shape index (κ3) is 3.33. The van der Waals surface area contributed by atoms with Gasteiger partial charge < -0.3 is 5.32 Å². The van der Waals surface area contributed by atoms with Crippen molar-refractivity contribution >= 4 is 9.84 Å². The Hall–Kier alpha value is -0.870. The van der Waals surface area contributed by atoms with Gasteiger partial charge in [-0.1, -0.05) is 6.07 Å². The van der Waals surface area contributed by atoms with Crippen LogP contribution in [0.2, 0.25) is 0 Å². The molecule has 0 atom stereocenters. The van der Waals surface area contributed by atoms with Gasteiger partial charge in [-0.25, -0.2) is 8.42 Å². The Morgan fingerprint density at radius 1 is 1.28 bits per heavy atom. The van der Waals surface area contributed by atoms with Crippen LogP contribution < -0.4 is 5.32 Å². The van der Waals surface area contributed by atoms with Crippen LogP contribution in [0.3, 0.4) is 0 Å². The smallest absolute Gasteiger partial charge is 0.175 e. The van der Waals surface area contributed by atoms with Gasteiger partial charge in [-0.3, -0.25) is 0 Å². The maximum atomic E-state index is 11.6. The number of nitrogens with one attached hydrogen (secondary N) is 1. The summed E-state index contributed by atoms with van der Waals surface area (Å²) in [6.07, 6.45) is 4.63. The second-order valence-electron chi connectivity index (χ2n) is 5.26. The van der Waals surface area contributed by atoms with Gasteiger partial charge in [0.05, 0.1) is 4.90 Å². The zero-order chi connectivity index (χ0) is 13.2. The van der Waals surface area contributed by atoms with E-state index in [4.69, 9.17) is 0 Å². The van der Waals surface area contributed by atoms with E-state index in [0.717, 1.165) is 19.5 Å². The molecule has 0 amide bonds. The third-order valence-electron chi connectivity index (χ3n) is 3.72.